The van der Waals surface area contributed by atoms with E-state index in [1.807, 2.05) is 0 Å². The Labute approximate surface area is 501 Å². The topological polar surface area (TPSA) is 141 Å². The summed E-state index contributed by atoms with van der Waals surface area (Å²) in [6.45, 7) is 16.2. The second-order valence-corrected chi connectivity index (χ2v) is 33.0. The van der Waals surface area contributed by atoms with Gasteiger partial charge in [-0.3, -0.25) is 24.2 Å². The van der Waals surface area contributed by atoms with Gasteiger partial charge in [0.05, 0.1) is 22.9 Å². The Morgan fingerprint density at radius 3 is 1.82 bits per heavy atom. The summed E-state index contributed by atoms with van der Waals surface area (Å²) >= 11 is 0. The molecule has 14 saturated carbocycles. The van der Waals surface area contributed by atoms with Gasteiger partial charge in [-0.1, -0.05) is 106 Å². The molecule has 14 aliphatic carbocycles. The molecule has 2 aromatic rings. The van der Waals surface area contributed by atoms with Gasteiger partial charge in [0, 0.05) is 55.8 Å². The lowest BCUT2D eigenvalue weighted by molar-refractivity contribution is -0.178. The van der Waals surface area contributed by atoms with E-state index < -0.39 is 21.7 Å². The van der Waals surface area contributed by atoms with E-state index in [2.05, 4.69) is 125 Å². The highest BCUT2D eigenvalue weighted by Crippen LogP contribution is 2.79. The molecule has 0 aromatic heterocycles. The van der Waals surface area contributed by atoms with Gasteiger partial charge in [0.25, 0.3) is 0 Å². The number of benzene rings is 2. The van der Waals surface area contributed by atoms with Gasteiger partial charge in [-0.15, -0.1) is 0 Å². The summed E-state index contributed by atoms with van der Waals surface area (Å²) in [6.07, 6.45) is 32.1. The van der Waals surface area contributed by atoms with Gasteiger partial charge in [-0.05, 0) is 245 Å². The maximum atomic E-state index is 15.8. The van der Waals surface area contributed by atoms with Crippen LogP contribution in [0.4, 0.5) is 4.39 Å². The van der Waals surface area contributed by atoms with Gasteiger partial charge < -0.3 is 27.0 Å². The molecule has 2 heterocycles. The number of hydrogen-bond acceptors (Lipinski definition) is 7. The van der Waals surface area contributed by atoms with Crippen molar-refractivity contribution >= 4 is 17.7 Å². The summed E-state index contributed by atoms with van der Waals surface area (Å²) in [6, 6.07) is 22.0. The van der Waals surface area contributed by atoms with Crippen LogP contribution < -0.4 is 32.4 Å². The van der Waals surface area contributed by atoms with Crippen molar-refractivity contribution in [2.24, 2.45) is 60.9 Å². The summed E-state index contributed by atoms with van der Waals surface area (Å²) < 4.78 is 15.7. The van der Waals surface area contributed by atoms with E-state index in [4.69, 9.17) is 12.3 Å². The number of amides is 3. The quantitative estimate of drug-likeness (QED) is 0.0920. The molecule has 14 bridgehead atoms. The molecule has 0 radical (unpaired) electrons. The third kappa shape index (κ3) is 8.70. The van der Waals surface area contributed by atoms with Crippen molar-refractivity contribution in [3.63, 3.8) is 0 Å². The molecule has 3 amide bonds. The van der Waals surface area contributed by atoms with Gasteiger partial charge in [-0.25, -0.2) is 5.01 Å². The molecule has 0 spiro atoms. The molecule has 15 atom stereocenters. The highest BCUT2D eigenvalue weighted by molar-refractivity contribution is 5.86. The largest absolute Gasteiger partial charge is 0.353 e. The number of alkyl halides is 1. The first-order valence-corrected chi connectivity index (χ1v) is 34.0. The summed E-state index contributed by atoms with van der Waals surface area (Å²) in [5, 5.41) is 16.8. The van der Waals surface area contributed by atoms with E-state index >= 15 is 14.0 Å². The van der Waals surface area contributed by atoms with Crippen molar-refractivity contribution in [3.8, 4) is 0 Å². The molecule has 2 aliphatic heterocycles. The van der Waals surface area contributed by atoms with Gasteiger partial charge in [0.2, 0.25) is 17.7 Å². The van der Waals surface area contributed by atoms with Crippen LogP contribution in [0, 0.1) is 55.2 Å². The van der Waals surface area contributed by atoms with Crippen LogP contribution in [0.1, 0.15) is 204 Å². The fourth-order valence-electron chi connectivity index (χ4n) is 25.4. The van der Waals surface area contributed by atoms with Crippen LogP contribution in [0.5, 0.6) is 0 Å². The molecule has 18 rings (SSSR count). The number of hydrazine groups is 1. The number of piperazine rings is 1. The van der Waals surface area contributed by atoms with E-state index in [-0.39, 0.29) is 80.4 Å². The maximum Gasteiger partial charge on any atom is 0.240 e. The van der Waals surface area contributed by atoms with E-state index in [0.717, 1.165) is 193 Å². The standard InChI is InChI=1S/C73H100FN7O3/c1-5-52(69-34-64(7-3)36-71(44-69,53-11-9-8-10-12-53)47-73(38-64,45-69)60(82)78-57-21-19-56(75)20-22-57)14-13-49(4)68-33-63(6-2)35-70(42-68,46-72(37-63,43-68)61(83)79-59-28-50-27-58(59)77-32-50)55-17-15-54(16-18-55)66-30-51-29-65(39-66,48-74)40-67(31-51,41-66)62(84)80-81-25-23-76-24-26-81/h5,8-18,50-51,56-59,76-77H,4,6-7,19-48,75H2,1-3H3,(H,78,82)(H,79,83)(H,80,84)/b14-13-,52-5+/t50?,51?,56?,57?,58?,59?,63-,64+,65-,66+,67?,68-,69?,70?,71-,72?,73?/m0/s1. The number of rotatable bonds is 16. The fraction of sp³-hybridized carbons (Fsp3) is 0.712. The first kappa shape index (κ1) is 56.4. The highest BCUT2D eigenvalue weighted by atomic mass is 19.1. The molecule has 2 saturated heterocycles. The zero-order chi connectivity index (χ0) is 57.8. The third-order valence-corrected chi connectivity index (χ3v) is 27.4. The molecule has 16 fully saturated rings. The van der Waals surface area contributed by atoms with Crippen LogP contribution in [0.25, 0.3) is 0 Å². The molecular formula is C73H100FN7O3. The van der Waals surface area contributed by atoms with E-state index in [1.165, 1.54) is 27.8 Å². The summed E-state index contributed by atoms with van der Waals surface area (Å²) in [7, 11) is 0. The third-order valence-electron chi connectivity index (χ3n) is 27.4. The molecule has 452 valence electrons. The Morgan fingerprint density at radius 2 is 1.19 bits per heavy atom. The van der Waals surface area contributed by atoms with Gasteiger partial charge in [0.15, 0.2) is 0 Å². The number of nitrogens with two attached hydrogens (primary N) is 1. The number of piperidine rings is 1. The minimum atomic E-state index is -0.569. The van der Waals surface area contributed by atoms with Gasteiger partial charge in [-0.2, -0.15) is 0 Å². The lowest BCUT2D eigenvalue weighted by atomic mass is 9.32. The molecule has 2 aromatic carbocycles. The molecular weight excluding hydrogens is 1040 g/mol. The Balaban J connectivity index is 0.775. The number of hydrogen-bond donors (Lipinski definition) is 6. The van der Waals surface area contributed by atoms with Crippen LogP contribution in [-0.4, -0.2) is 86.3 Å². The number of nitrogens with one attached hydrogen (secondary N) is 5. The highest BCUT2D eigenvalue weighted by Gasteiger charge is 2.73. The molecule has 11 heteroatoms. The van der Waals surface area contributed by atoms with Crippen molar-refractivity contribution in [2.75, 3.05) is 39.4 Å². The first-order chi connectivity index (χ1) is 40.3. The van der Waals surface area contributed by atoms with Crippen LogP contribution in [0.3, 0.4) is 0 Å². The van der Waals surface area contributed by atoms with Crippen LogP contribution in [-0.2, 0) is 30.6 Å². The number of fused-ring (bicyclic) bond motifs is 2. The Hall–Kier alpha value is -4.16. The lowest BCUT2D eigenvalue weighted by Crippen LogP contribution is -2.67. The SMILES string of the molecule is C=C(/C=C\C(=C/C)C12CC3(C(=O)NC4CCC(N)CC4)C[C@](CC)(C1)C[C@@](c1ccccc1)(C3)C2)[C@@]12CC3(C(=O)NC4CC5CNC4C5)CC(c4ccc([C@]56CC7CC(C(=O)NN8CCNCC8)(C[C@](CF)(C7)C5)C6)cc4)(C[C@@](CC)(C3)C1)C2. The molecule has 7 N–H and O–H groups in total. The van der Waals surface area contributed by atoms with Gasteiger partial charge in [0.1, 0.15) is 0 Å². The summed E-state index contributed by atoms with van der Waals surface area (Å²) in [5.74, 6) is 1.64. The predicted octanol–water partition coefficient (Wildman–Crippen LogP) is 11.8. The lowest BCUT2D eigenvalue weighted by Gasteiger charge is -2.71. The average Bonchev–Trinajstić information content (AvgIpc) is 0.758. The summed E-state index contributed by atoms with van der Waals surface area (Å²) in [5.41, 5.74) is 13.2. The second kappa shape index (κ2) is 19.7. The minimum absolute atomic E-state index is 0.0336. The zero-order valence-electron chi connectivity index (χ0n) is 51.4. The van der Waals surface area contributed by atoms with E-state index in [1.54, 1.807) is 0 Å². The van der Waals surface area contributed by atoms with Crippen molar-refractivity contribution in [3.05, 3.63) is 107 Å². The Morgan fingerprint density at radius 1 is 0.619 bits per heavy atom. The Bertz CT molecular complexity index is 3040. The minimum Gasteiger partial charge on any atom is -0.353 e. The van der Waals surface area contributed by atoms with Crippen molar-refractivity contribution < 1.29 is 18.8 Å². The van der Waals surface area contributed by atoms with Crippen molar-refractivity contribution in [1.82, 2.24) is 31.7 Å². The van der Waals surface area contributed by atoms with Crippen LogP contribution in [0.2, 0.25) is 0 Å². The molecule has 16 aliphatic rings. The van der Waals surface area contributed by atoms with E-state index in [0.29, 0.717) is 24.3 Å². The Kier molecular flexibility index (Phi) is 13.2. The fourth-order valence-corrected chi connectivity index (χ4v) is 25.4. The van der Waals surface area contributed by atoms with Crippen molar-refractivity contribution in [2.45, 2.75) is 228 Å². The smallest absolute Gasteiger partial charge is 0.240 e. The number of allylic oxidation sites excluding steroid dienone is 5. The van der Waals surface area contributed by atoms with Crippen LogP contribution in [0.15, 0.2) is 90.6 Å². The van der Waals surface area contributed by atoms with Crippen LogP contribution >= 0.6 is 0 Å². The second-order valence-electron chi connectivity index (χ2n) is 33.0. The van der Waals surface area contributed by atoms with Gasteiger partial charge >= 0.3 is 0 Å². The molecule has 9 unspecified atom stereocenters. The number of carbonyl (C=O) groups excluding carboxylic acids is 3. The summed E-state index contributed by atoms with van der Waals surface area (Å²) in [4.78, 5) is 45.9. The van der Waals surface area contributed by atoms with Crippen molar-refractivity contribution in [1.29, 1.82) is 0 Å². The number of carbonyl (C=O) groups is 3. The number of halogens is 1. The predicted molar refractivity (Wildman–Crippen MR) is 330 cm³/mol. The monoisotopic (exact) mass is 1140 g/mol. The zero-order valence-corrected chi connectivity index (χ0v) is 51.4. The average molecular weight is 1140 g/mol. The molecule has 84 heavy (non-hydrogen) atoms. The normalized spacial score (nSPS) is 46.7. The van der Waals surface area contributed by atoms with E-state index in [9.17, 15) is 4.79 Å². The first-order valence-electron chi connectivity index (χ1n) is 34.0. The maximum absolute atomic E-state index is 15.8. The number of nitrogens with zero attached hydrogens (tertiary/aromatic N) is 1. The molecule has 10 nitrogen and oxygen atoms in total.